The van der Waals surface area contributed by atoms with Crippen molar-refractivity contribution < 1.29 is 4.74 Å². The van der Waals surface area contributed by atoms with Crippen LogP contribution in [0.4, 0.5) is 0 Å². The molecule has 3 heteroatoms. The van der Waals surface area contributed by atoms with Crippen LogP contribution >= 0.6 is 0 Å². The molecular weight excluding hydrogens is 130 g/mol. The highest BCUT2D eigenvalue weighted by Crippen LogP contribution is 2.01. The summed E-state index contributed by atoms with van der Waals surface area (Å²) < 4.78 is 9.27. The summed E-state index contributed by atoms with van der Waals surface area (Å²) in [5.74, 6) is 0.800. The maximum Gasteiger partial charge on any atom is 0.176 e. The lowest BCUT2D eigenvalue weighted by atomic mass is 10.8. The Hall–Kier alpha value is -0.313. The summed E-state index contributed by atoms with van der Waals surface area (Å²) in [7, 11) is 0.373. The molecule has 0 saturated carbocycles. The number of ether oxygens (including phenoxy) is 1. The number of nitrogens with zero attached hydrogens (tertiary/aromatic N) is 1. The quantitative estimate of drug-likeness (QED) is 0.314. The molecule has 2 nitrogen and oxygen atoms in total. The van der Waals surface area contributed by atoms with Crippen LogP contribution in [0.25, 0.3) is 0 Å². The maximum atomic E-state index is 4.91. The minimum atomic E-state index is -1.28. The van der Waals surface area contributed by atoms with E-state index in [2.05, 4.69) is 24.3 Å². The minimum absolute atomic E-state index is 0.800. The fourth-order valence-electron chi connectivity index (χ4n) is 0.518. The van der Waals surface area contributed by atoms with Crippen LogP contribution in [0, 0.1) is 0 Å². The first-order valence-corrected chi connectivity index (χ1v) is 6.51. The standard InChI is InChI=1S/C6H15NOSi/c1-6(8-2)7-9(3,4)5/h1-5H3/b7-6-. The molecule has 0 saturated heterocycles. The highest BCUT2D eigenvalue weighted by molar-refractivity contribution is 6.75. The molecule has 0 rings (SSSR count). The van der Waals surface area contributed by atoms with Gasteiger partial charge in [-0.05, 0) is 19.6 Å². The summed E-state index contributed by atoms with van der Waals surface area (Å²) >= 11 is 0. The lowest BCUT2D eigenvalue weighted by molar-refractivity contribution is 0.401. The van der Waals surface area contributed by atoms with Gasteiger partial charge in [0, 0.05) is 6.92 Å². The Kier molecular flexibility index (Phi) is 2.90. The van der Waals surface area contributed by atoms with Gasteiger partial charge in [-0.3, -0.25) is 4.66 Å². The van der Waals surface area contributed by atoms with Gasteiger partial charge < -0.3 is 4.74 Å². The van der Waals surface area contributed by atoms with Crippen LogP contribution < -0.4 is 0 Å². The topological polar surface area (TPSA) is 21.6 Å². The zero-order chi connectivity index (χ0) is 7.49. The Bertz CT molecular complexity index is 115. The average molecular weight is 145 g/mol. The van der Waals surface area contributed by atoms with Crippen LogP contribution in [0.2, 0.25) is 19.6 Å². The van der Waals surface area contributed by atoms with Gasteiger partial charge in [-0.1, -0.05) is 0 Å². The first kappa shape index (κ1) is 8.69. The summed E-state index contributed by atoms with van der Waals surface area (Å²) in [4.78, 5) is 0. The van der Waals surface area contributed by atoms with Crippen LogP contribution in [0.1, 0.15) is 6.92 Å². The third kappa shape index (κ3) is 5.56. The normalized spacial score (nSPS) is 13.7. The molecule has 54 valence electrons. The molecule has 0 aliphatic carbocycles. The van der Waals surface area contributed by atoms with Gasteiger partial charge in [0.1, 0.15) is 0 Å². The molecule has 0 aromatic heterocycles. The molecule has 0 radical (unpaired) electrons. The molecule has 0 bridgehead atoms. The van der Waals surface area contributed by atoms with Gasteiger partial charge in [0.15, 0.2) is 14.1 Å². The number of rotatable bonds is 1. The van der Waals surface area contributed by atoms with Crippen molar-refractivity contribution in [3.63, 3.8) is 0 Å². The summed E-state index contributed by atoms with van der Waals surface area (Å²) in [6.07, 6.45) is 0. The fraction of sp³-hybridized carbons (Fsp3) is 0.833. The van der Waals surface area contributed by atoms with Gasteiger partial charge in [-0.25, -0.2) is 0 Å². The fourth-order valence-corrected chi connectivity index (χ4v) is 1.55. The van der Waals surface area contributed by atoms with E-state index < -0.39 is 8.24 Å². The highest BCUT2D eigenvalue weighted by Gasteiger charge is 2.10. The zero-order valence-corrected chi connectivity index (χ0v) is 7.86. The first-order valence-electron chi connectivity index (χ1n) is 3.06. The van der Waals surface area contributed by atoms with Crippen LogP contribution in [0.3, 0.4) is 0 Å². The van der Waals surface area contributed by atoms with E-state index >= 15 is 0 Å². The van der Waals surface area contributed by atoms with Gasteiger partial charge in [0.25, 0.3) is 0 Å². The minimum Gasteiger partial charge on any atom is -0.485 e. The predicted molar refractivity (Wildman–Crippen MR) is 43.5 cm³/mol. The third-order valence-electron chi connectivity index (χ3n) is 0.788. The Morgan fingerprint density at radius 3 is 1.89 bits per heavy atom. The lowest BCUT2D eigenvalue weighted by Gasteiger charge is -2.09. The first-order chi connectivity index (χ1) is 3.95. The van der Waals surface area contributed by atoms with Gasteiger partial charge >= 0.3 is 0 Å². The molecule has 0 aliphatic rings. The van der Waals surface area contributed by atoms with Gasteiger partial charge in [-0.2, -0.15) is 0 Å². The second-order valence-electron chi connectivity index (χ2n) is 3.01. The van der Waals surface area contributed by atoms with Crippen molar-refractivity contribution in [2.45, 2.75) is 26.6 Å². The molecule has 9 heavy (non-hydrogen) atoms. The van der Waals surface area contributed by atoms with E-state index in [9.17, 15) is 0 Å². The van der Waals surface area contributed by atoms with E-state index in [0.29, 0.717) is 0 Å². The van der Waals surface area contributed by atoms with Crippen molar-refractivity contribution in [1.29, 1.82) is 0 Å². The summed E-state index contributed by atoms with van der Waals surface area (Å²) in [5.41, 5.74) is 0. The SMILES string of the molecule is CO/C(C)=N\[Si](C)(C)C. The lowest BCUT2D eigenvalue weighted by Crippen LogP contribution is -2.19. The zero-order valence-electron chi connectivity index (χ0n) is 6.86. The largest absolute Gasteiger partial charge is 0.485 e. The van der Waals surface area contributed by atoms with Crippen molar-refractivity contribution >= 4 is 14.1 Å². The third-order valence-corrected chi connectivity index (χ3v) is 1.77. The van der Waals surface area contributed by atoms with Crippen molar-refractivity contribution in [2.75, 3.05) is 7.11 Å². The molecule has 0 unspecified atom stereocenters. The van der Waals surface area contributed by atoms with E-state index in [1.54, 1.807) is 7.11 Å². The monoisotopic (exact) mass is 145 g/mol. The maximum absolute atomic E-state index is 4.91. The highest BCUT2D eigenvalue weighted by atomic mass is 28.3. The number of hydrogen-bond donors (Lipinski definition) is 0. The molecular formula is C6H15NOSi. The van der Waals surface area contributed by atoms with E-state index in [1.807, 2.05) is 6.92 Å². The molecule has 0 aromatic rings. The Morgan fingerprint density at radius 1 is 1.33 bits per heavy atom. The molecule has 0 aromatic carbocycles. The van der Waals surface area contributed by atoms with Crippen molar-refractivity contribution in [1.82, 2.24) is 0 Å². The molecule has 0 aliphatic heterocycles. The van der Waals surface area contributed by atoms with E-state index in [4.69, 9.17) is 4.74 Å². The number of hydrogen-bond acceptors (Lipinski definition) is 2. The Morgan fingerprint density at radius 2 is 1.78 bits per heavy atom. The van der Waals surface area contributed by atoms with E-state index in [1.165, 1.54) is 0 Å². The van der Waals surface area contributed by atoms with Gasteiger partial charge in [-0.15, -0.1) is 0 Å². The average Bonchev–Trinajstić information content (AvgIpc) is 1.62. The van der Waals surface area contributed by atoms with Crippen LogP contribution in [-0.2, 0) is 4.74 Å². The van der Waals surface area contributed by atoms with Crippen LogP contribution in [0.15, 0.2) is 4.66 Å². The van der Waals surface area contributed by atoms with Crippen molar-refractivity contribution in [3.05, 3.63) is 0 Å². The predicted octanol–water partition coefficient (Wildman–Crippen LogP) is 1.89. The van der Waals surface area contributed by atoms with Crippen molar-refractivity contribution in [2.24, 2.45) is 4.66 Å². The van der Waals surface area contributed by atoms with Gasteiger partial charge in [0.05, 0.1) is 7.11 Å². The van der Waals surface area contributed by atoms with E-state index in [0.717, 1.165) is 5.90 Å². The van der Waals surface area contributed by atoms with Crippen molar-refractivity contribution in [3.8, 4) is 0 Å². The molecule has 0 amide bonds. The Balaban J connectivity index is 3.95. The second kappa shape index (κ2) is 3.01. The number of methoxy groups -OCH3 is 1. The summed E-state index contributed by atoms with van der Waals surface area (Å²) in [6.45, 7) is 8.42. The van der Waals surface area contributed by atoms with Crippen LogP contribution in [-0.4, -0.2) is 21.2 Å². The molecule has 0 spiro atoms. The molecule has 0 N–H and O–H groups in total. The summed E-state index contributed by atoms with van der Waals surface area (Å²) in [6, 6.07) is 0. The molecule has 0 fully saturated rings. The van der Waals surface area contributed by atoms with Gasteiger partial charge in [0.2, 0.25) is 0 Å². The van der Waals surface area contributed by atoms with Crippen LogP contribution in [0.5, 0.6) is 0 Å². The molecule has 0 atom stereocenters. The van der Waals surface area contributed by atoms with E-state index in [-0.39, 0.29) is 0 Å². The Labute approximate surface area is 58.0 Å². The molecule has 0 heterocycles. The smallest absolute Gasteiger partial charge is 0.176 e. The second-order valence-corrected chi connectivity index (χ2v) is 7.57. The summed E-state index contributed by atoms with van der Waals surface area (Å²) in [5, 5.41) is 0.